The van der Waals surface area contributed by atoms with E-state index in [1.54, 1.807) is 0 Å². The van der Waals surface area contributed by atoms with Crippen LogP contribution < -0.4 is 4.74 Å². The zero-order chi connectivity index (χ0) is 25.0. The van der Waals surface area contributed by atoms with Crippen molar-refractivity contribution in [1.82, 2.24) is 4.90 Å². The number of rotatable bonds is 8. The lowest BCUT2D eigenvalue weighted by Crippen LogP contribution is -2.33. The molecule has 0 saturated carbocycles. The summed E-state index contributed by atoms with van der Waals surface area (Å²) in [6, 6.07) is 32.3. The highest BCUT2D eigenvalue weighted by Crippen LogP contribution is 2.35. The van der Waals surface area contributed by atoms with Crippen molar-refractivity contribution in [3.05, 3.63) is 135 Å². The standard InChI is InChI=1S/C32H32ClNO2/c1-24-6-10-28(11-7-24)32(35,22-25-8-14-30(33)15-9-25)29-12-16-31(17-13-29)36-21-20-34-19-18-26-4-2-3-5-27(26)23-34/h2-17,35H,18-23H2,1H3. The van der Waals surface area contributed by atoms with Gasteiger partial charge in [0.25, 0.3) is 0 Å². The minimum absolute atomic E-state index is 0.448. The van der Waals surface area contributed by atoms with Crippen LogP contribution >= 0.6 is 11.6 Å². The summed E-state index contributed by atoms with van der Waals surface area (Å²) < 4.78 is 6.08. The van der Waals surface area contributed by atoms with Crippen LogP contribution in [0.4, 0.5) is 0 Å². The molecule has 1 atom stereocenters. The first-order valence-corrected chi connectivity index (χ1v) is 12.9. The maximum absolute atomic E-state index is 12.0. The summed E-state index contributed by atoms with van der Waals surface area (Å²) in [5.74, 6) is 0.814. The van der Waals surface area contributed by atoms with Crippen LogP contribution in [0.1, 0.15) is 33.4 Å². The number of aliphatic hydroxyl groups is 1. The molecule has 4 aromatic carbocycles. The molecule has 0 radical (unpaired) electrons. The largest absolute Gasteiger partial charge is 0.492 e. The molecule has 0 saturated heterocycles. The molecule has 1 unspecified atom stereocenters. The van der Waals surface area contributed by atoms with E-state index in [0.29, 0.717) is 18.1 Å². The van der Waals surface area contributed by atoms with Crippen molar-refractivity contribution in [3.63, 3.8) is 0 Å². The summed E-state index contributed by atoms with van der Waals surface area (Å²) in [7, 11) is 0. The average Bonchev–Trinajstić information content (AvgIpc) is 2.90. The number of ether oxygens (including phenoxy) is 1. The molecule has 4 aromatic rings. The van der Waals surface area contributed by atoms with Gasteiger partial charge in [0.1, 0.15) is 18.0 Å². The Hall–Kier alpha value is -3.11. The maximum atomic E-state index is 12.0. The van der Waals surface area contributed by atoms with E-state index in [-0.39, 0.29) is 0 Å². The fourth-order valence-electron chi connectivity index (χ4n) is 4.96. The van der Waals surface area contributed by atoms with Gasteiger partial charge in [0, 0.05) is 31.1 Å². The van der Waals surface area contributed by atoms with Gasteiger partial charge < -0.3 is 9.84 Å². The van der Waals surface area contributed by atoms with Crippen LogP contribution in [-0.4, -0.2) is 29.7 Å². The third kappa shape index (κ3) is 5.65. The molecule has 1 aliphatic heterocycles. The third-order valence-electron chi connectivity index (χ3n) is 7.12. The zero-order valence-electron chi connectivity index (χ0n) is 20.7. The van der Waals surface area contributed by atoms with E-state index >= 15 is 0 Å². The first-order valence-electron chi connectivity index (χ1n) is 12.6. The van der Waals surface area contributed by atoms with Crippen LogP contribution in [0.5, 0.6) is 5.75 Å². The molecule has 4 heteroatoms. The molecule has 0 fully saturated rings. The van der Waals surface area contributed by atoms with Gasteiger partial charge in [0.15, 0.2) is 0 Å². The molecule has 36 heavy (non-hydrogen) atoms. The maximum Gasteiger partial charge on any atom is 0.119 e. The number of benzene rings is 4. The minimum Gasteiger partial charge on any atom is -0.492 e. The second-order valence-corrected chi connectivity index (χ2v) is 10.1. The van der Waals surface area contributed by atoms with E-state index in [9.17, 15) is 5.11 Å². The molecule has 1 aliphatic rings. The first-order chi connectivity index (χ1) is 17.5. The summed E-state index contributed by atoms with van der Waals surface area (Å²) in [4.78, 5) is 2.44. The number of nitrogens with zero attached hydrogens (tertiary/aromatic N) is 1. The van der Waals surface area contributed by atoms with Crippen LogP contribution in [0.3, 0.4) is 0 Å². The Kier molecular flexibility index (Phi) is 7.43. The Morgan fingerprint density at radius 1 is 0.833 bits per heavy atom. The molecule has 1 N–H and O–H groups in total. The van der Waals surface area contributed by atoms with Gasteiger partial charge in [-0.15, -0.1) is 0 Å². The van der Waals surface area contributed by atoms with E-state index in [1.807, 2.05) is 72.8 Å². The van der Waals surface area contributed by atoms with Crippen LogP contribution in [0.15, 0.2) is 97.1 Å². The summed E-state index contributed by atoms with van der Waals surface area (Å²) >= 11 is 6.09. The van der Waals surface area contributed by atoms with Crippen molar-refractivity contribution >= 4 is 11.6 Å². The van der Waals surface area contributed by atoms with E-state index in [4.69, 9.17) is 16.3 Å². The third-order valence-corrected chi connectivity index (χ3v) is 7.37. The zero-order valence-corrected chi connectivity index (χ0v) is 21.4. The van der Waals surface area contributed by atoms with Crippen LogP contribution in [0, 0.1) is 6.92 Å². The Bertz CT molecular complexity index is 1290. The van der Waals surface area contributed by atoms with Crippen molar-refractivity contribution in [2.75, 3.05) is 19.7 Å². The minimum atomic E-state index is -1.17. The average molecular weight is 498 g/mol. The number of hydrogen-bond donors (Lipinski definition) is 1. The summed E-state index contributed by atoms with van der Waals surface area (Å²) in [5.41, 5.74) is 5.60. The first kappa shape index (κ1) is 24.6. The summed E-state index contributed by atoms with van der Waals surface area (Å²) in [6.45, 7) is 5.62. The second-order valence-electron chi connectivity index (χ2n) is 9.70. The second kappa shape index (κ2) is 10.9. The number of halogens is 1. The van der Waals surface area contributed by atoms with Crippen LogP contribution in [0.2, 0.25) is 5.02 Å². The van der Waals surface area contributed by atoms with Crippen molar-refractivity contribution in [3.8, 4) is 5.75 Å². The van der Waals surface area contributed by atoms with Crippen LogP contribution in [0.25, 0.3) is 0 Å². The SMILES string of the molecule is Cc1ccc(C(O)(Cc2ccc(Cl)cc2)c2ccc(OCCN3CCc4ccccc4C3)cc2)cc1. The predicted octanol–water partition coefficient (Wildman–Crippen LogP) is 6.56. The molecule has 1 heterocycles. The van der Waals surface area contributed by atoms with Crippen LogP contribution in [-0.2, 0) is 25.0 Å². The molecule has 0 bridgehead atoms. The monoisotopic (exact) mass is 497 g/mol. The molecule has 3 nitrogen and oxygen atoms in total. The normalized spacial score (nSPS) is 15.2. The highest BCUT2D eigenvalue weighted by molar-refractivity contribution is 6.30. The summed E-state index contributed by atoms with van der Waals surface area (Å²) in [5, 5.41) is 12.7. The smallest absolute Gasteiger partial charge is 0.119 e. The van der Waals surface area contributed by atoms with Gasteiger partial charge in [-0.3, -0.25) is 4.90 Å². The predicted molar refractivity (Wildman–Crippen MR) is 147 cm³/mol. The van der Waals surface area contributed by atoms with Gasteiger partial charge in [0.05, 0.1) is 0 Å². The molecule has 0 aliphatic carbocycles. The Labute approximate surface area is 218 Å². The number of aryl methyl sites for hydroxylation is 1. The number of hydrogen-bond acceptors (Lipinski definition) is 3. The van der Waals surface area contributed by atoms with Gasteiger partial charge in [-0.2, -0.15) is 0 Å². The lowest BCUT2D eigenvalue weighted by molar-refractivity contribution is 0.0810. The summed E-state index contributed by atoms with van der Waals surface area (Å²) in [6.07, 6.45) is 1.54. The molecule has 0 spiro atoms. The molecule has 0 aromatic heterocycles. The lowest BCUT2D eigenvalue weighted by atomic mass is 9.81. The Balaban J connectivity index is 1.27. The van der Waals surface area contributed by atoms with Crippen molar-refractivity contribution in [1.29, 1.82) is 0 Å². The van der Waals surface area contributed by atoms with E-state index in [1.165, 1.54) is 11.1 Å². The molecule has 184 valence electrons. The van der Waals surface area contributed by atoms with Crippen molar-refractivity contribution in [2.24, 2.45) is 0 Å². The lowest BCUT2D eigenvalue weighted by Gasteiger charge is -2.30. The fourth-order valence-corrected chi connectivity index (χ4v) is 5.09. The Morgan fingerprint density at radius 3 is 2.17 bits per heavy atom. The topological polar surface area (TPSA) is 32.7 Å². The fraction of sp³-hybridized carbons (Fsp3) is 0.250. The quantitative estimate of drug-likeness (QED) is 0.299. The van der Waals surface area contributed by atoms with Gasteiger partial charge in [-0.05, 0) is 65.4 Å². The molecule has 5 rings (SSSR count). The van der Waals surface area contributed by atoms with Crippen molar-refractivity contribution in [2.45, 2.75) is 31.9 Å². The molecular formula is C32H32ClNO2. The van der Waals surface area contributed by atoms with Gasteiger partial charge >= 0.3 is 0 Å². The van der Waals surface area contributed by atoms with Crippen molar-refractivity contribution < 1.29 is 9.84 Å². The van der Waals surface area contributed by atoms with Gasteiger partial charge in [0.2, 0.25) is 0 Å². The number of fused-ring (bicyclic) bond motifs is 1. The highest BCUT2D eigenvalue weighted by Gasteiger charge is 2.32. The van der Waals surface area contributed by atoms with Gasteiger partial charge in [-0.1, -0.05) is 90.0 Å². The van der Waals surface area contributed by atoms with E-state index < -0.39 is 5.60 Å². The van der Waals surface area contributed by atoms with Gasteiger partial charge in [-0.25, -0.2) is 0 Å². The molecule has 0 amide bonds. The molecular weight excluding hydrogens is 466 g/mol. The van der Waals surface area contributed by atoms with E-state index in [0.717, 1.165) is 54.1 Å². The van der Waals surface area contributed by atoms with E-state index in [2.05, 4.69) is 36.1 Å². The Morgan fingerprint density at radius 2 is 1.47 bits per heavy atom. The highest BCUT2D eigenvalue weighted by atomic mass is 35.5.